The van der Waals surface area contributed by atoms with Gasteiger partial charge >= 0.3 is 0 Å². The third-order valence-corrected chi connectivity index (χ3v) is 3.52. The Morgan fingerprint density at radius 3 is 2.42 bits per heavy atom. The Bertz CT molecular complexity index is 470. The first kappa shape index (κ1) is 12.3. The zero-order valence-corrected chi connectivity index (χ0v) is 10.6. The molecule has 0 radical (unpaired) electrons. The lowest BCUT2D eigenvalue weighted by atomic mass is 10.1. The number of benzene rings is 1. The first-order valence-electron chi connectivity index (χ1n) is 6.65. The van der Waals surface area contributed by atoms with Gasteiger partial charge < -0.3 is 19.5 Å². The number of carbonyl (C=O) groups excluding carboxylic acids is 1. The largest absolute Gasteiger partial charge is 0.470 e. The summed E-state index contributed by atoms with van der Waals surface area (Å²) in [6.45, 7) is 1.46. The predicted octanol–water partition coefficient (Wildman–Crippen LogP) is 1.16. The summed E-state index contributed by atoms with van der Waals surface area (Å²) < 4.78 is 10.9. The van der Waals surface area contributed by atoms with E-state index in [-0.39, 0.29) is 5.91 Å². The Kier molecular flexibility index (Phi) is 3.29. The number of hydrogen-bond acceptors (Lipinski definition) is 4. The molecule has 1 aromatic carbocycles. The molecule has 2 atom stereocenters. The van der Waals surface area contributed by atoms with Crippen LogP contribution in [0.4, 0.5) is 0 Å². The summed E-state index contributed by atoms with van der Waals surface area (Å²) in [5, 5.41) is 9.92. The number of ether oxygens (including phenoxy) is 2. The van der Waals surface area contributed by atoms with Crippen molar-refractivity contribution in [3.63, 3.8) is 0 Å². The number of amides is 1. The van der Waals surface area contributed by atoms with Crippen LogP contribution >= 0.6 is 0 Å². The summed E-state index contributed by atoms with van der Waals surface area (Å²) in [7, 11) is 0. The molecule has 0 bridgehead atoms. The lowest BCUT2D eigenvalue weighted by Crippen LogP contribution is -2.52. The minimum atomic E-state index is -1.25. The smallest absolute Gasteiger partial charge is 0.270 e. The van der Waals surface area contributed by atoms with Crippen molar-refractivity contribution in [3.05, 3.63) is 24.3 Å². The van der Waals surface area contributed by atoms with Gasteiger partial charge in [-0.3, -0.25) is 4.79 Å². The Morgan fingerprint density at radius 2 is 1.74 bits per heavy atom. The Morgan fingerprint density at radius 1 is 1.11 bits per heavy atom. The fourth-order valence-corrected chi connectivity index (χ4v) is 2.50. The maximum atomic E-state index is 12.3. The molecule has 0 saturated carbocycles. The number of aliphatic hydroxyl groups is 1. The van der Waals surface area contributed by atoms with Crippen molar-refractivity contribution in [2.24, 2.45) is 0 Å². The zero-order chi connectivity index (χ0) is 13.2. The highest BCUT2D eigenvalue weighted by Gasteiger charge is 2.38. The van der Waals surface area contributed by atoms with Crippen molar-refractivity contribution in [1.29, 1.82) is 0 Å². The first-order valence-corrected chi connectivity index (χ1v) is 6.65. The number of piperidine rings is 1. The maximum Gasteiger partial charge on any atom is 0.270 e. The van der Waals surface area contributed by atoms with Crippen molar-refractivity contribution in [2.75, 3.05) is 13.1 Å². The lowest BCUT2D eigenvalue weighted by Gasteiger charge is -2.34. The number of nitrogens with zero attached hydrogens (tertiary/aromatic N) is 1. The second kappa shape index (κ2) is 5.09. The molecule has 1 N–H and O–H groups in total. The number of aliphatic hydroxyl groups excluding tert-OH is 1. The van der Waals surface area contributed by atoms with Crippen molar-refractivity contribution >= 4 is 5.91 Å². The average Bonchev–Trinajstić information content (AvgIpc) is 2.47. The molecule has 5 nitrogen and oxygen atoms in total. The molecule has 1 saturated heterocycles. The standard InChI is InChI=1S/C14H17NO4/c16-13(15-8-4-1-5-9-15)12-14(17)19-11-7-3-2-6-10(11)18-12/h2-3,6-7,12,14,17H,1,4-5,8-9H2/t12-,14-/m1/s1. The van der Waals surface area contributed by atoms with Crippen molar-refractivity contribution in [1.82, 2.24) is 4.90 Å². The van der Waals surface area contributed by atoms with E-state index in [4.69, 9.17) is 9.47 Å². The lowest BCUT2D eigenvalue weighted by molar-refractivity contribution is -0.163. The molecular weight excluding hydrogens is 246 g/mol. The molecule has 2 heterocycles. The van der Waals surface area contributed by atoms with Gasteiger partial charge in [-0.25, -0.2) is 0 Å². The van der Waals surface area contributed by atoms with Crippen LogP contribution in [0, 0.1) is 0 Å². The van der Waals surface area contributed by atoms with Gasteiger partial charge in [-0.1, -0.05) is 12.1 Å². The quantitative estimate of drug-likeness (QED) is 0.826. The molecule has 102 valence electrons. The fourth-order valence-electron chi connectivity index (χ4n) is 2.50. The van der Waals surface area contributed by atoms with Gasteiger partial charge in [0, 0.05) is 13.1 Å². The maximum absolute atomic E-state index is 12.3. The summed E-state index contributed by atoms with van der Waals surface area (Å²) in [5.74, 6) is 0.780. The summed E-state index contributed by atoms with van der Waals surface area (Å²) in [4.78, 5) is 14.1. The summed E-state index contributed by atoms with van der Waals surface area (Å²) in [6, 6.07) is 7.04. The summed E-state index contributed by atoms with van der Waals surface area (Å²) >= 11 is 0. The van der Waals surface area contributed by atoms with E-state index in [0.29, 0.717) is 11.5 Å². The van der Waals surface area contributed by atoms with Crippen LogP contribution in [0.15, 0.2) is 24.3 Å². The molecule has 0 spiro atoms. The van der Waals surface area contributed by atoms with Crippen LogP contribution < -0.4 is 9.47 Å². The number of hydrogen-bond donors (Lipinski definition) is 1. The molecule has 0 aromatic heterocycles. The van der Waals surface area contributed by atoms with Crippen LogP contribution in [0.2, 0.25) is 0 Å². The molecule has 1 fully saturated rings. The number of fused-ring (bicyclic) bond motifs is 1. The summed E-state index contributed by atoms with van der Waals surface area (Å²) in [6.07, 6.45) is 0.951. The van der Waals surface area contributed by atoms with E-state index in [1.165, 1.54) is 0 Å². The molecule has 2 aliphatic heterocycles. The molecule has 3 rings (SSSR count). The van der Waals surface area contributed by atoms with E-state index in [1.54, 1.807) is 23.1 Å². The minimum Gasteiger partial charge on any atom is -0.470 e. The molecule has 1 amide bonds. The van der Waals surface area contributed by atoms with E-state index >= 15 is 0 Å². The SMILES string of the molecule is O=C([C@H]1Oc2ccccc2O[C@H]1O)N1CCCCC1. The van der Waals surface area contributed by atoms with E-state index in [1.807, 2.05) is 6.07 Å². The van der Waals surface area contributed by atoms with Crippen LogP contribution in [0.5, 0.6) is 11.5 Å². The first-order chi connectivity index (χ1) is 9.25. The van der Waals surface area contributed by atoms with Crippen LogP contribution in [0.3, 0.4) is 0 Å². The molecule has 0 aliphatic carbocycles. The van der Waals surface area contributed by atoms with Gasteiger partial charge in [0.2, 0.25) is 12.4 Å². The van der Waals surface area contributed by atoms with Gasteiger partial charge in [-0.15, -0.1) is 0 Å². The highest BCUT2D eigenvalue weighted by atomic mass is 16.7. The molecule has 2 aliphatic rings. The minimum absolute atomic E-state index is 0.193. The fraction of sp³-hybridized carbons (Fsp3) is 0.500. The van der Waals surface area contributed by atoms with Gasteiger partial charge in [0.05, 0.1) is 0 Å². The normalized spacial score (nSPS) is 26.1. The zero-order valence-electron chi connectivity index (χ0n) is 10.6. The highest BCUT2D eigenvalue weighted by Crippen LogP contribution is 2.33. The Balaban J connectivity index is 1.76. The van der Waals surface area contributed by atoms with E-state index < -0.39 is 12.4 Å². The predicted molar refractivity (Wildman–Crippen MR) is 67.9 cm³/mol. The molecule has 5 heteroatoms. The van der Waals surface area contributed by atoms with Gasteiger partial charge in [0.1, 0.15) is 0 Å². The van der Waals surface area contributed by atoms with Crippen molar-refractivity contribution < 1.29 is 19.4 Å². The Labute approximate surface area is 111 Å². The second-order valence-electron chi connectivity index (χ2n) is 4.88. The molecular formula is C14H17NO4. The second-order valence-corrected chi connectivity index (χ2v) is 4.88. The van der Waals surface area contributed by atoms with Crippen LogP contribution in [0.25, 0.3) is 0 Å². The Hall–Kier alpha value is -1.75. The van der Waals surface area contributed by atoms with Crippen LogP contribution in [-0.4, -0.2) is 41.4 Å². The third-order valence-electron chi connectivity index (χ3n) is 3.52. The highest BCUT2D eigenvalue weighted by molar-refractivity contribution is 5.82. The molecule has 0 unspecified atom stereocenters. The topological polar surface area (TPSA) is 59.0 Å². The molecule has 19 heavy (non-hydrogen) atoms. The number of carbonyl (C=O) groups is 1. The number of likely N-dealkylation sites (tertiary alicyclic amines) is 1. The van der Waals surface area contributed by atoms with Crippen LogP contribution in [0.1, 0.15) is 19.3 Å². The van der Waals surface area contributed by atoms with E-state index in [0.717, 1.165) is 32.4 Å². The van der Waals surface area contributed by atoms with Crippen molar-refractivity contribution in [2.45, 2.75) is 31.7 Å². The third kappa shape index (κ3) is 2.38. The van der Waals surface area contributed by atoms with Crippen LogP contribution in [-0.2, 0) is 4.79 Å². The average molecular weight is 263 g/mol. The van der Waals surface area contributed by atoms with Gasteiger partial charge in [-0.2, -0.15) is 0 Å². The van der Waals surface area contributed by atoms with Gasteiger partial charge in [-0.05, 0) is 31.4 Å². The van der Waals surface area contributed by atoms with E-state index in [9.17, 15) is 9.90 Å². The van der Waals surface area contributed by atoms with Gasteiger partial charge in [0.15, 0.2) is 11.5 Å². The number of para-hydroxylation sites is 2. The van der Waals surface area contributed by atoms with Crippen molar-refractivity contribution in [3.8, 4) is 11.5 Å². The monoisotopic (exact) mass is 263 g/mol. The van der Waals surface area contributed by atoms with E-state index in [2.05, 4.69) is 0 Å². The van der Waals surface area contributed by atoms with Gasteiger partial charge in [0.25, 0.3) is 5.91 Å². The number of rotatable bonds is 1. The molecule has 1 aromatic rings. The summed E-state index contributed by atoms with van der Waals surface area (Å²) in [5.41, 5.74) is 0.